The van der Waals surface area contributed by atoms with Crippen molar-refractivity contribution >= 4 is 5.97 Å². The molecule has 25 heavy (non-hydrogen) atoms. The van der Waals surface area contributed by atoms with Crippen molar-refractivity contribution in [2.45, 2.75) is 51.5 Å². The number of hydrogen-bond donors (Lipinski definition) is 3. The van der Waals surface area contributed by atoms with Crippen molar-refractivity contribution in [1.29, 1.82) is 0 Å². The number of nitrogens with one attached hydrogen (secondary N) is 1. The van der Waals surface area contributed by atoms with Crippen LogP contribution < -0.4 is 11.3 Å². The zero-order valence-electron chi connectivity index (χ0n) is 14.3. The highest BCUT2D eigenvalue weighted by atomic mass is 16.4. The minimum atomic E-state index is -0.903. The molecule has 0 amide bonds. The van der Waals surface area contributed by atoms with Crippen molar-refractivity contribution in [1.82, 2.24) is 15.2 Å². The van der Waals surface area contributed by atoms with E-state index in [-0.39, 0.29) is 0 Å². The number of carboxylic acid groups (broad SMARTS) is 1. The van der Waals surface area contributed by atoms with Gasteiger partial charge < -0.3 is 5.11 Å². The minimum Gasteiger partial charge on any atom is -0.476 e. The number of carbonyl (C=O) groups is 1. The summed E-state index contributed by atoms with van der Waals surface area (Å²) in [6, 6.07) is 7.68. The predicted octanol–water partition coefficient (Wildman–Crippen LogP) is 2.58. The van der Waals surface area contributed by atoms with E-state index in [1.54, 1.807) is 4.68 Å². The first kappa shape index (κ1) is 16.3. The molecule has 1 saturated carbocycles. The Labute approximate surface area is 147 Å². The third-order valence-electron chi connectivity index (χ3n) is 5.89. The summed E-state index contributed by atoms with van der Waals surface area (Å²) in [4.78, 5) is 12.1. The van der Waals surface area contributed by atoms with Crippen molar-refractivity contribution in [3.8, 4) is 5.69 Å². The average Bonchev–Trinajstić information content (AvgIpc) is 3.20. The number of hydrogen-bond acceptors (Lipinski definition) is 4. The zero-order valence-corrected chi connectivity index (χ0v) is 14.3. The molecule has 0 unspecified atom stereocenters. The van der Waals surface area contributed by atoms with Gasteiger partial charge in [-0.15, -0.1) is 0 Å². The van der Waals surface area contributed by atoms with E-state index in [0.29, 0.717) is 17.7 Å². The van der Waals surface area contributed by atoms with E-state index >= 15 is 0 Å². The molecule has 1 aromatic heterocycles. The molecule has 4 N–H and O–H groups in total. The minimum absolute atomic E-state index is 0.295. The number of aromatic nitrogens is 2. The van der Waals surface area contributed by atoms with Gasteiger partial charge in [0.2, 0.25) is 0 Å². The van der Waals surface area contributed by atoms with Crippen LogP contribution >= 0.6 is 0 Å². The van der Waals surface area contributed by atoms with Crippen molar-refractivity contribution in [3.05, 3.63) is 46.8 Å². The molecule has 0 radical (unpaired) electrons. The SMILES string of the molecule is NNCc1ccccc1-n1nc2c(c1C(=O)O)CC1(CCCC1)CC2. The Kier molecular flexibility index (Phi) is 4.09. The molecule has 0 saturated heterocycles. The number of para-hydroxylation sites is 1. The number of benzene rings is 1. The lowest BCUT2D eigenvalue weighted by Gasteiger charge is -2.32. The maximum Gasteiger partial charge on any atom is 0.354 e. The number of aromatic carboxylic acids is 1. The third kappa shape index (κ3) is 2.75. The van der Waals surface area contributed by atoms with Gasteiger partial charge in [0.1, 0.15) is 0 Å². The normalized spacial score (nSPS) is 18.4. The highest BCUT2D eigenvalue weighted by Crippen LogP contribution is 2.48. The van der Waals surface area contributed by atoms with E-state index in [2.05, 4.69) is 5.43 Å². The molecule has 4 rings (SSSR count). The molecule has 132 valence electrons. The van der Waals surface area contributed by atoms with Crippen molar-refractivity contribution < 1.29 is 9.90 Å². The van der Waals surface area contributed by atoms with Crippen LogP contribution in [0.5, 0.6) is 0 Å². The molecular weight excluding hydrogens is 316 g/mol. The van der Waals surface area contributed by atoms with Crippen LogP contribution in [-0.4, -0.2) is 20.9 Å². The van der Waals surface area contributed by atoms with Gasteiger partial charge in [0.15, 0.2) is 5.69 Å². The zero-order chi connectivity index (χ0) is 17.4. The first-order valence-electron chi connectivity index (χ1n) is 8.99. The summed E-state index contributed by atoms with van der Waals surface area (Å²) in [5.74, 6) is 4.58. The Hall–Kier alpha value is -2.18. The van der Waals surface area contributed by atoms with Crippen LogP contribution in [0.3, 0.4) is 0 Å². The number of nitrogens with zero attached hydrogens (tertiary/aromatic N) is 2. The molecule has 0 atom stereocenters. The second kappa shape index (κ2) is 6.28. The van der Waals surface area contributed by atoms with Crippen LogP contribution in [0.25, 0.3) is 5.69 Å². The van der Waals surface area contributed by atoms with Crippen LogP contribution in [0.4, 0.5) is 0 Å². The first-order valence-corrected chi connectivity index (χ1v) is 8.99. The molecule has 6 nitrogen and oxygen atoms in total. The largest absolute Gasteiger partial charge is 0.476 e. The van der Waals surface area contributed by atoms with E-state index < -0.39 is 5.97 Å². The Morgan fingerprint density at radius 2 is 2.04 bits per heavy atom. The summed E-state index contributed by atoms with van der Waals surface area (Å²) >= 11 is 0. The smallest absolute Gasteiger partial charge is 0.354 e. The van der Waals surface area contributed by atoms with Crippen LogP contribution in [0.2, 0.25) is 0 Å². The van der Waals surface area contributed by atoms with Gasteiger partial charge in [-0.2, -0.15) is 5.10 Å². The molecule has 1 heterocycles. The standard InChI is InChI=1S/C19H24N4O2/c20-21-12-13-5-1-2-6-16(13)23-17(18(24)25)14-11-19(8-3-4-9-19)10-7-15(14)22-23/h1-2,5-6,21H,3-4,7-12,20H2,(H,24,25). The molecule has 1 fully saturated rings. The highest BCUT2D eigenvalue weighted by Gasteiger charge is 2.40. The fraction of sp³-hybridized carbons (Fsp3) is 0.474. The van der Waals surface area contributed by atoms with Crippen LogP contribution in [0.15, 0.2) is 24.3 Å². The summed E-state index contributed by atoms with van der Waals surface area (Å²) in [7, 11) is 0. The van der Waals surface area contributed by atoms with Gasteiger partial charge >= 0.3 is 5.97 Å². The molecule has 6 heteroatoms. The lowest BCUT2D eigenvalue weighted by atomic mass is 9.71. The summed E-state index contributed by atoms with van der Waals surface area (Å²) in [6.45, 7) is 0.462. The Balaban J connectivity index is 1.83. The monoisotopic (exact) mass is 340 g/mol. The van der Waals surface area contributed by atoms with Gasteiger partial charge in [-0.3, -0.25) is 11.3 Å². The molecule has 2 aromatic rings. The second-order valence-electron chi connectivity index (χ2n) is 7.38. The first-order chi connectivity index (χ1) is 12.1. The second-order valence-corrected chi connectivity index (χ2v) is 7.38. The molecule has 2 aliphatic carbocycles. The lowest BCUT2D eigenvalue weighted by molar-refractivity contribution is 0.0684. The Morgan fingerprint density at radius 1 is 1.28 bits per heavy atom. The number of rotatable bonds is 4. The van der Waals surface area contributed by atoms with Gasteiger partial charge in [-0.25, -0.2) is 9.48 Å². The molecule has 1 aromatic carbocycles. The van der Waals surface area contributed by atoms with Crippen LogP contribution in [-0.2, 0) is 19.4 Å². The number of aryl methyl sites for hydroxylation is 1. The Morgan fingerprint density at radius 3 is 2.76 bits per heavy atom. The van der Waals surface area contributed by atoms with Gasteiger partial charge in [0.25, 0.3) is 0 Å². The van der Waals surface area contributed by atoms with Gasteiger partial charge in [0, 0.05) is 12.1 Å². The average molecular weight is 340 g/mol. The van der Waals surface area contributed by atoms with Crippen molar-refractivity contribution in [2.24, 2.45) is 11.3 Å². The summed E-state index contributed by atoms with van der Waals surface area (Å²) in [5.41, 5.74) is 6.88. The topological polar surface area (TPSA) is 93.2 Å². The van der Waals surface area contributed by atoms with E-state index in [0.717, 1.165) is 41.8 Å². The van der Waals surface area contributed by atoms with E-state index in [1.807, 2.05) is 24.3 Å². The van der Waals surface area contributed by atoms with Gasteiger partial charge in [-0.05, 0) is 49.1 Å². The molecule has 0 aliphatic heterocycles. The Bertz CT molecular complexity index is 806. The predicted molar refractivity (Wildman–Crippen MR) is 94.5 cm³/mol. The van der Waals surface area contributed by atoms with Crippen molar-refractivity contribution in [2.75, 3.05) is 0 Å². The quantitative estimate of drug-likeness (QED) is 0.587. The van der Waals surface area contributed by atoms with E-state index in [4.69, 9.17) is 10.9 Å². The fourth-order valence-electron chi connectivity index (χ4n) is 4.65. The molecule has 2 aliphatic rings. The van der Waals surface area contributed by atoms with E-state index in [9.17, 15) is 9.90 Å². The third-order valence-corrected chi connectivity index (χ3v) is 5.89. The van der Waals surface area contributed by atoms with Crippen molar-refractivity contribution in [3.63, 3.8) is 0 Å². The highest BCUT2D eigenvalue weighted by molar-refractivity contribution is 5.89. The van der Waals surface area contributed by atoms with Gasteiger partial charge in [-0.1, -0.05) is 31.0 Å². The number of fused-ring (bicyclic) bond motifs is 1. The number of carboxylic acids is 1. The molecular formula is C19H24N4O2. The summed E-state index contributed by atoms with van der Waals surface area (Å²) < 4.78 is 1.62. The maximum atomic E-state index is 12.1. The van der Waals surface area contributed by atoms with Gasteiger partial charge in [0.05, 0.1) is 11.4 Å². The number of nitrogens with two attached hydrogens (primary N) is 1. The van der Waals surface area contributed by atoms with Crippen LogP contribution in [0, 0.1) is 5.41 Å². The molecule has 1 spiro atoms. The fourth-order valence-corrected chi connectivity index (χ4v) is 4.65. The maximum absolute atomic E-state index is 12.1. The summed E-state index contributed by atoms with van der Waals surface area (Å²) in [6.07, 6.45) is 7.80. The molecule has 0 bridgehead atoms. The van der Waals surface area contributed by atoms with Crippen LogP contribution in [0.1, 0.15) is 59.4 Å². The number of hydrazine groups is 1. The summed E-state index contributed by atoms with van der Waals surface area (Å²) in [5, 5.41) is 14.6. The van der Waals surface area contributed by atoms with E-state index in [1.165, 1.54) is 25.7 Å². The lowest BCUT2D eigenvalue weighted by Crippen LogP contribution is -2.26.